The Morgan fingerprint density at radius 3 is 2.12 bits per heavy atom. The van der Waals surface area contributed by atoms with Crippen LogP contribution in [-0.4, -0.2) is 62.8 Å². The van der Waals surface area contributed by atoms with Gasteiger partial charge in [-0.05, 0) is 0 Å². The molecule has 102 valence electrons. The van der Waals surface area contributed by atoms with Gasteiger partial charge in [0.1, 0.15) is 0 Å². The average molecular weight is 267 g/mol. The van der Waals surface area contributed by atoms with Crippen molar-refractivity contribution in [1.82, 2.24) is 8.61 Å². The van der Waals surface area contributed by atoms with Crippen LogP contribution in [0, 0.1) is 0 Å². The molecule has 0 aliphatic carbocycles. The number of hydrogen-bond acceptors (Lipinski definition) is 4. The maximum absolute atomic E-state index is 12.1. The van der Waals surface area contributed by atoms with E-state index in [4.69, 9.17) is 10.5 Å². The summed E-state index contributed by atoms with van der Waals surface area (Å²) in [5.41, 5.74) is 5.04. The minimum atomic E-state index is -3.64. The number of methoxy groups -OCH3 is 1. The summed E-state index contributed by atoms with van der Waals surface area (Å²) in [6.07, 6.45) is 0. The predicted molar refractivity (Wildman–Crippen MR) is 64.5 cm³/mol. The molecular weight excluding hydrogens is 246 g/mol. The average Bonchev–Trinajstić information content (AvgIpc) is 2.24. The van der Waals surface area contributed by atoms with E-state index >= 15 is 0 Å². The molecule has 1 amide bonds. The molecule has 0 aromatic heterocycles. The molecule has 0 radical (unpaired) electrons. The summed E-state index contributed by atoms with van der Waals surface area (Å²) in [5.74, 6) is -0.683. The van der Waals surface area contributed by atoms with Gasteiger partial charge in [-0.3, -0.25) is 4.79 Å². The van der Waals surface area contributed by atoms with Crippen molar-refractivity contribution in [1.29, 1.82) is 0 Å². The lowest BCUT2D eigenvalue weighted by molar-refractivity contribution is -0.118. The first kappa shape index (κ1) is 16.3. The molecule has 0 atom stereocenters. The molecule has 17 heavy (non-hydrogen) atoms. The molecule has 0 heterocycles. The van der Waals surface area contributed by atoms with Crippen LogP contribution < -0.4 is 5.73 Å². The minimum absolute atomic E-state index is 0.109. The molecule has 0 aliphatic rings. The largest absolute Gasteiger partial charge is 0.383 e. The zero-order valence-corrected chi connectivity index (χ0v) is 11.4. The number of hydrogen-bond donors (Lipinski definition) is 1. The van der Waals surface area contributed by atoms with Gasteiger partial charge in [-0.25, -0.2) is 0 Å². The smallest absolute Gasteiger partial charge is 0.282 e. The topological polar surface area (TPSA) is 92.9 Å². The van der Waals surface area contributed by atoms with Crippen LogP contribution in [0.5, 0.6) is 0 Å². The minimum Gasteiger partial charge on any atom is -0.383 e. The molecule has 0 fully saturated rings. The summed E-state index contributed by atoms with van der Waals surface area (Å²) >= 11 is 0. The highest BCUT2D eigenvalue weighted by atomic mass is 32.2. The number of carbonyl (C=O) groups excluding carboxylic acids is 1. The van der Waals surface area contributed by atoms with E-state index in [1.54, 1.807) is 13.8 Å². The number of rotatable bonds is 9. The van der Waals surface area contributed by atoms with Crippen LogP contribution in [0.3, 0.4) is 0 Å². The SMILES string of the molecule is CCN(CC)S(=O)(=O)N(CCOC)CC(N)=O. The monoisotopic (exact) mass is 267 g/mol. The summed E-state index contributed by atoms with van der Waals surface area (Å²) in [7, 11) is -2.18. The first-order valence-corrected chi connectivity index (χ1v) is 6.82. The van der Waals surface area contributed by atoms with Gasteiger partial charge in [0.15, 0.2) is 0 Å². The second kappa shape index (κ2) is 7.59. The number of carbonyl (C=O) groups is 1. The predicted octanol–water partition coefficient (Wildman–Crippen LogP) is -0.993. The van der Waals surface area contributed by atoms with E-state index < -0.39 is 16.1 Å². The van der Waals surface area contributed by atoms with Crippen molar-refractivity contribution in [3.63, 3.8) is 0 Å². The van der Waals surface area contributed by atoms with Gasteiger partial charge in [-0.15, -0.1) is 0 Å². The van der Waals surface area contributed by atoms with Crippen LogP contribution >= 0.6 is 0 Å². The Hall–Kier alpha value is -0.700. The number of nitrogens with two attached hydrogens (primary N) is 1. The maximum atomic E-state index is 12.1. The van der Waals surface area contributed by atoms with Gasteiger partial charge in [-0.2, -0.15) is 17.0 Å². The summed E-state index contributed by atoms with van der Waals surface area (Å²) in [6.45, 7) is 4.16. The van der Waals surface area contributed by atoms with E-state index in [0.29, 0.717) is 13.1 Å². The lowest BCUT2D eigenvalue weighted by Gasteiger charge is -2.27. The van der Waals surface area contributed by atoms with Crippen LogP contribution in [0.1, 0.15) is 13.8 Å². The van der Waals surface area contributed by atoms with Crippen molar-refractivity contribution in [3.05, 3.63) is 0 Å². The van der Waals surface area contributed by atoms with Gasteiger partial charge < -0.3 is 10.5 Å². The molecule has 8 heteroatoms. The molecule has 0 aromatic rings. The fourth-order valence-corrected chi connectivity index (χ4v) is 2.93. The van der Waals surface area contributed by atoms with Crippen LogP contribution in [-0.2, 0) is 19.7 Å². The Kier molecular flexibility index (Phi) is 7.28. The van der Waals surface area contributed by atoms with Gasteiger partial charge in [0.05, 0.1) is 13.2 Å². The summed E-state index contributed by atoms with van der Waals surface area (Å²) < 4.78 is 31.4. The lowest BCUT2D eigenvalue weighted by atomic mass is 10.6. The highest BCUT2D eigenvalue weighted by Crippen LogP contribution is 2.07. The maximum Gasteiger partial charge on any atom is 0.282 e. The van der Waals surface area contributed by atoms with Gasteiger partial charge in [-0.1, -0.05) is 13.8 Å². The Morgan fingerprint density at radius 2 is 1.76 bits per heavy atom. The van der Waals surface area contributed by atoms with Gasteiger partial charge in [0.2, 0.25) is 5.91 Å². The van der Waals surface area contributed by atoms with Crippen molar-refractivity contribution in [3.8, 4) is 0 Å². The molecule has 0 spiro atoms. The van der Waals surface area contributed by atoms with Crippen LogP contribution in [0.15, 0.2) is 0 Å². The van der Waals surface area contributed by atoms with E-state index in [1.807, 2.05) is 0 Å². The highest BCUT2D eigenvalue weighted by molar-refractivity contribution is 7.86. The molecule has 0 aliphatic heterocycles. The van der Waals surface area contributed by atoms with E-state index in [-0.39, 0.29) is 19.7 Å². The number of ether oxygens (including phenoxy) is 1. The third-order valence-electron chi connectivity index (χ3n) is 2.23. The van der Waals surface area contributed by atoms with Crippen molar-refractivity contribution in [2.45, 2.75) is 13.8 Å². The summed E-state index contributed by atoms with van der Waals surface area (Å²) in [6, 6.07) is 0. The van der Waals surface area contributed by atoms with Crippen molar-refractivity contribution >= 4 is 16.1 Å². The summed E-state index contributed by atoms with van der Waals surface area (Å²) in [5, 5.41) is 0. The molecule has 7 nitrogen and oxygen atoms in total. The molecule has 0 aromatic carbocycles. The first-order valence-electron chi connectivity index (χ1n) is 5.42. The van der Waals surface area contributed by atoms with E-state index in [0.717, 1.165) is 4.31 Å². The van der Waals surface area contributed by atoms with Gasteiger partial charge >= 0.3 is 0 Å². The van der Waals surface area contributed by atoms with Crippen LogP contribution in [0.2, 0.25) is 0 Å². The van der Waals surface area contributed by atoms with E-state index in [9.17, 15) is 13.2 Å². The fourth-order valence-electron chi connectivity index (χ4n) is 1.36. The molecule has 0 saturated heterocycles. The zero-order valence-electron chi connectivity index (χ0n) is 10.5. The van der Waals surface area contributed by atoms with Crippen molar-refractivity contribution in [2.24, 2.45) is 5.73 Å². The fraction of sp³-hybridized carbons (Fsp3) is 0.889. The zero-order chi connectivity index (χ0) is 13.5. The van der Waals surface area contributed by atoms with E-state index in [2.05, 4.69) is 0 Å². The number of amides is 1. The third-order valence-corrected chi connectivity index (χ3v) is 4.37. The molecule has 2 N–H and O–H groups in total. The van der Waals surface area contributed by atoms with Crippen LogP contribution in [0.4, 0.5) is 0 Å². The number of nitrogens with zero attached hydrogens (tertiary/aromatic N) is 2. The molecule has 0 rings (SSSR count). The Morgan fingerprint density at radius 1 is 1.24 bits per heavy atom. The second-order valence-corrected chi connectivity index (χ2v) is 5.31. The second-order valence-electron chi connectivity index (χ2n) is 3.38. The van der Waals surface area contributed by atoms with Crippen molar-refractivity contribution in [2.75, 3.05) is 39.9 Å². The molecule has 0 saturated carbocycles. The Labute approximate surface area is 103 Å². The lowest BCUT2D eigenvalue weighted by Crippen LogP contribution is -2.48. The first-order chi connectivity index (χ1) is 7.89. The van der Waals surface area contributed by atoms with Crippen molar-refractivity contribution < 1.29 is 17.9 Å². The molecular formula is C9H21N3O4S. The standard InChI is InChI=1S/C9H21N3O4S/c1-4-11(5-2)17(14,15)12(6-7-16-3)8-9(10)13/h4-8H2,1-3H3,(H2,10,13). The Bertz CT molecular complexity index is 327. The quantitative estimate of drug-likeness (QED) is 0.580. The number of primary amides is 1. The van der Waals surface area contributed by atoms with Gasteiger partial charge in [0, 0.05) is 26.7 Å². The highest BCUT2D eigenvalue weighted by Gasteiger charge is 2.28. The normalized spacial score (nSPS) is 12.3. The third kappa shape index (κ3) is 4.99. The summed E-state index contributed by atoms with van der Waals surface area (Å²) in [4.78, 5) is 10.9. The Balaban J connectivity index is 4.92. The van der Waals surface area contributed by atoms with Gasteiger partial charge in [0.25, 0.3) is 10.2 Å². The molecule has 0 unspecified atom stereocenters. The van der Waals surface area contributed by atoms with E-state index in [1.165, 1.54) is 11.4 Å². The van der Waals surface area contributed by atoms with Crippen LogP contribution in [0.25, 0.3) is 0 Å². The molecule has 0 bridgehead atoms.